The summed E-state index contributed by atoms with van der Waals surface area (Å²) in [6.45, 7) is 2.87. The lowest BCUT2D eigenvalue weighted by molar-refractivity contribution is -0.147. The van der Waals surface area contributed by atoms with Gasteiger partial charge in [0.2, 0.25) is 0 Å². The van der Waals surface area contributed by atoms with Gasteiger partial charge in [-0.05, 0) is 36.4 Å². The Morgan fingerprint density at radius 1 is 1.07 bits per heavy atom. The molecule has 1 N–H and O–H groups in total. The summed E-state index contributed by atoms with van der Waals surface area (Å²) in [5, 5.41) is 3.96. The van der Waals surface area contributed by atoms with Gasteiger partial charge in [-0.2, -0.15) is 0 Å². The van der Waals surface area contributed by atoms with Crippen molar-refractivity contribution in [2.24, 2.45) is 0 Å². The molecule has 5 nitrogen and oxygen atoms in total. The zero-order valence-electron chi connectivity index (χ0n) is 14.9. The summed E-state index contributed by atoms with van der Waals surface area (Å²) in [5.74, 6) is -0.509. The first-order chi connectivity index (χ1) is 12.9. The second-order valence-electron chi connectivity index (χ2n) is 6.42. The summed E-state index contributed by atoms with van der Waals surface area (Å²) in [6, 6.07) is 12.2. The van der Waals surface area contributed by atoms with Gasteiger partial charge in [-0.3, -0.25) is 9.59 Å². The van der Waals surface area contributed by atoms with Gasteiger partial charge in [0, 0.05) is 48.5 Å². The van der Waals surface area contributed by atoms with Crippen LogP contribution in [0.25, 0.3) is 0 Å². The molecule has 1 aliphatic rings. The normalized spacial score (nSPS) is 14.7. The van der Waals surface area contributed by atoms with Gasteiger partial charge in [0.25, 0.3) is 5.91 Å². The van der Waals surface area contributed by atoms with E-state index in [-0.39, 0.29) is 18.0 Å². The van der Waals surface area contributed by atoms with Crippen molar-refractivity contribution in [1.82, 2.24) is 0 Å². The van der Waals surface area contributed by atoms with E-state index < -0.39 is 0 Å². The molecule has 1 aliphatic heterocycles. The summed E-state index contributed by atoms with van der Waals surface area (Å²) in [7, 11) is 0. The Hall–Kier alpha value is -2.24. The number of esters is 1. The highest BCUT2D eigenvalue weighted by atomic mass is 35.5. The number of hydrogen-bond donors (Lipinski definition) is 1. The van der Waals surface area contributed by atoms with Crippen LogP contribution < -0.4 is 10.2 Å². The number of amides is 1. The number of nitrogens with zero attached hydrogens (tertiary/aromatic N) is 1. The van der Waals surface area contributed by atoms with Crippen LogP contribution in [0.5, 0.6) is 0 Å². The topological polar surface area (TPSA) is 58.6 Å². The van der Waals surface area contributed by atoms with E-state index in [1.165, 1.54) is 6.92 Å². The maximum absolute atomic E-state index is 12.6. The predicted molar refractivity (Wildman–Crippen MR) is 108 cm³/mol. The average Bonchev–Trinajstić information content (AvgIpc) is 2.62. The van der Waals surface area contributed by atoms with Gasteiger partial charge < -0.3 is 15.0 Å². The Balaban J connectivity index is 1.76. The summed E-state index contributed by atoms with van der Waals surface area (Å²) in [4.78, 5) is 25.9. The highest BCUT2D eigenvalue weighted by Gasteiger charge is 2.23. The molecule has 0 spiro atoms. The van der Waals surface area contributed by atoms with Crippen molar-refractivity contribution in [2.75, 3.05) is 23.3 Å². The summed E-state index contributed by atoms with van der Waals surface area (Å²) >= 11 is 12.1. The zero-order chi connectivity index (χ0) is 19.4. The van der Waals surface area contributed by atoms with Gasteiger partial charge in [-0.1, -0.05) is 29.3 Å². The molecular formula is C20H20Cl2N2O3. The fourth-order valence-corrected chi connectivity index (χ4v) is 3.52. The van der Waals surface area contributed by atoms with Gasteiger partial charge in [0.05, 0.1) is 11.4 Å². The standard InChI is InChI=1S/C20H20Cl2N2O3/c1-13(25)27-17-7-9-24(10-8-17)19-6-5-16(22)12-18(19)23-20(26)14-3-2-4-15(21)11-14/h2-6,11-12,17H,7-10H2,1H3,(H,23,26). The highest BCUT2D eigenvalue weighted by Crippen LogP contribution is 2.32. The maximum Gasteiger partial charge on any atom is 0.302 e. The summed E-state index contributed by atoms with van der Waals surface area (Å²) in [6.07, 6.45) is 1.42. The van der Waals surface area contributed by atoms with Crippen LogP contribution in [0.15, 0.2) is 42.5 Å². The fourth-order valence-electron chi connectivity index (χ4n) is 3.16. The molecule has 1 heterocycles. The Kier molecular flexibility index (Phi) is 6.24. The van der Waals surface area contributed by atoms with E-state index in [1.54, 1.807) is 36.4 Å². The first kappa shape index (κ1) is 19.5. The SMILES string of the molecule is CC(=O)OC1CCN(c2ccc(Cl)cc2NC(=O)c2cccc(Cl)c2)CC1. The molecule has 0 aliphatic carbocycles. The number of rotatable bonds is 4. The summed E-state index contributed by atoms with van der Waals surface area (Å²) in [5.41, 5.74) is 2.00. The van der Waals surface area contributed by atoms with Crippen molar-refractivity contribution in [3.63, 3.8) is 0 Å². The minimum absolute atomic E-state index is 0.0597. The molecule has 0 bridgehead atoms. The third-order valence-electron chi connectivity index (χ3n) is 4.41. The van der Waals surface area contributed by atoms with Crippen molar-refractivity contribution < 1.29 is 14.3 Å². The quantitative estimate of drug-likeness (QED) is 0.742. The van der Waals surface area contributed by atoms with Gasteiger partial charge in [0.15, 0.2) is 0 Å². The highest BCUT2D eigenvalue weighted by molar-refractivity contribution is 6.31. The van der Waals surface area contributed by atoms with Crippen molar-refractivity contribution in [3.8, 4) is 0 Å². The molecule has 2 aromatic carbocycles. The predicted octanol–water partition coefficient (Wildman–Crippen LogP) is 4.78. The zero-order valence-corrected chi connectivity index (χ0v) is 16.4. The molecule has 2 aromatic rings. The third-order valence-corrected chi connectivity index (χ3v) is 4.88. The fraction of sp³-hybridized carbons (Fsp3) is 0.300. The first-order valence-electron chi connectivity index (χ1n) is 8.71. The van der Waals surface area contributed by atoms with E-state index in [0.717, 1.165) is 31.6 Å². The molecule has 1 fully saturated rings. The number of nitrogens with one attached hydrogen (secondary N) is 1. The van der Waals surface area contributed by atoms with E-state index in [9.17, 15) is 9.59 Å². The number of halogens is 2. The molecule has 0 atom stereocenters. The second kappa shape index (κ2) is 8.63. The van der Waals surface area contributed by atoms with E-state index in [0.29, 0.717) is 21.3 Å². The lowest BCUT2D eigenvalue weighted by atomic mass is 10.1. The number of carbonyl (C=O) groups is 2. The van der Waals surface area contributed by atoms with E-state index in [4.69, 9.17) is 27.9 Å². The molecule has 142 valence electrons. The lowest BCUT2D eigenvalue weighted by Gasteiger charge is -2.34. The van der Waals surface area contributed by atoms with Crippen molar-refractivity contribution >= 4 is 46.5 Å². The number of carbonyl (C=O) groups excluding carboxylic acids is 2. The van der Waals surface area contributed by atoms with Crippen molar-refractivity contribution in [1.29, 1.82) is 0 Å². The monoisotopic (exact) mass is 406 g/mol. The van der Waals surface area contributed by atoms with Crippen molar-refractivity contribution in [2.45, 2.75) is 25.9 Å². The number of piperidine rings is 1. The molecule has 0 radical (unpaired) electrons. The van der Waals surface area contributed by atoms with Crippen LogP contribution in [-0.2, 0) is 9.53 Å². The molecule has 1 amide bonds. The van der Waals surface area contributed by atoms with E-state index in [2.05, 4.69) is 10.2 Å². The Bertz CT molecular complexity index is 849. The number of anilines is 2. The smallest absolute Gasteiger partial charge is 0.302 e. The van der Waals surface area contributed by atoms with E-state index >= 15 is 0 Å². The molecule has 0 aromatic heterocycles. The van der Waals surface area contributed by atoms with Crippen LogP contribution in [0.2, 0.25) is 10.0 Å². The third kappa shape index (κ3) is 5.15. The molecule has 1 saturated heterocycles. The number of ether oxygens (including phenoxy) is 1. The summed E-state index contributed by atoms with van der Waals surface area (Å²) < 4.78 is 5.29. The van der Waals surface area contributed by atoms with Crippen LogP contribution in [0.4, 0.5) is 11.4 Å². The van der Waals surface area contributed by atoms with Gasteiger partial charge in [0.1, 0.15) is 6.10 Å². The Morgan fingerprint density at radius 2 is 1.78 bits per heavy atom. The Labute approximate surface area is 168 Å². The Morgan fingerprint density at radius 3 is 2.44 bits per heavy atom. The van der Waals surface area contributed by atoms with Crippen molar-refractivity contribution in [3.05, 3.63) is 58.1 Å². The van der Waals surface area contributed by atoms with E-state index in [1.807, 2.05) is 6.07 Å². The van der Waals surface area contributed by atoms with Crippen LogP contribution in [0, 0.1) is 0 Å². The van der Waals surface area contributed by atoms with Gasteiger partial charge in [-0.25, -0.2) is 0 Å². The van der Waals surface area contributed by atoms with Gasteiger partial charge >= 0.3 is 5.97 Å². The minimum Gasteiger partial charge on any atom is -0.462 e. The number of hydrogen-bond acceptors (Lipinski definition) is 4. The molecular weight excluding hydrogens is 387 g/mol. The maximum atomic E-state index is 12.6. The second-order valence-corrected chi connectivity index (χ2v) is 7.29. The number of benzene rings is 2. The van der Waals surface area contributed by atoms with Crippen LogP contribution in [-0.4, -0.2) is 31.1 Å². The van der Waals surface area contributed by atoms with Crippen LogP contribution >= 0.6 is 23.2 Å². The average molecular weight is 407 g/mol. The largest absolute Gasteiger partial charge is 0.462 e. The van der Waals surface area contributed by atoms with Gasteiger partial charge in [-0.15, -0.1) is 0 Å². The minimum atomic E-state index is -0.255. The molecule has 0 saturated carbocycles. The first-order valence-corrected chi connectivity index (χ1v) is 9.46. The molecule has 0 unspecified atom stereocenters. The molecule has 3 rings (SSSR count). The van der Waals surface area contributed by atoms with Crippen LogP contribution in [0.3, 0.4) is 0 Å². The lowest BCUT2D eigenvalue weighted by Crippen LogP contribution is -2.38. The molecule has 27 heavy (non-hydrogen) atoms. The molecule has 7 heteroatoms. The van der Waals surface area contributed by atoms with Crippen LogP contribution in [0.1, 0.15) is 30.1 Å².